The van der Waals surface area contributed by atoms with Crippen LogP contribution in [0.15, 0.2) is 65.6 Å². The van der Waals surface area contributed by atoms with Gasteiger partial charge in [0.15, 0.2) is 0 Å². The molecule has 2 aromatic carbocycles. The third-order valence-electron chi connectivity index (χ3n) is 4.03. The lowest BCUT2D eigenvalue weighted by atomic mass is 9.94. The molecule has 3 rings (SSSR count). The first kappa shape index (κ1) is 17.8. The second-order valence-electron chi connectivity index (χ2n) is 5.73. The van der Waals surface area contributed by atoms with Gasteiger partial charge in [-0.15, -0.1) is 0 Å². The molecule has 8 heteroatoms. The Balaban J connectivity index is 2.00. The van der Waals surface area contributed by atoms with Gasteiger partial charge < -0.3 is 5.32 Å². The van der Waals surface area contributed by atoms with Crippen molar-refractivity contribution < 1.29 is 13.2 Å². The first-order valence-corrected chi connectivity index (χ1v) is 9.40. The fraction of sp³-hybridized carbons (Fsp3) is 0.111. The van der Waals surface area contributed by atoms with Crippen LogP contribution in [0.5, 0.6) is 0 Å². The normalized spacial score (nSPS) is 12.5. The Morgan fingerprint density at radius 1 is 1.12 bits per heavy atom. The number of nitrogens with one attached hydrogen (secondary N) is 2. The van der Waals surface area contributed by atoms with Gasteiger partial charge in [-0.2, -0.15) is 5.10 Å². The Morgan fingerprint density at radius 3 is 2.35 bits per heavy atom. The van der Waals surface area contributed by atoms with Crippen LogP contribution in [-0.4, -0.2) is 31.6 Å². The van der Waals surface area contributed by atoms with Crippen molar-refractivity contribution in [2.75, 3.05) is 7.05 Å². The van der Waals surface area contributed by atoms with Crippen molar-refractivity contribution in [2.45, 2.75) is 10.8 Å². The number of carbonyl (C=O) groups excluding carboxylic acids is 1. The molecule has 7 nitrogen and oxygen atoms in total. The molecule has 0 bridgehead atoms. The lowest BCUT2D eigenvalue weighted by molar-refractivity contribution is -0.121. The maximum atomic E-state index is 12.4. The Hall–Kier alpha value is -2.97. The SMILES string of the molecule is CNC(=O)C(c1ccc(S(N)(=O)=O)cc1)c1cc(-c2ccccc2)[nH]n1. The largest absolute Gasteiger partial charge is 0.358 e. The first-order valence-electron chi connectivity index (χ1n) is 7.85. The van der Waals surface area contributed by atoms with Gasteiger partial charge in [-0.1, -0.05) is 42.5 Å². The molecule has 1 amide bonds. The van der Waals surface area contributed by atoms with Crippen molar-refractivity contribution in [3.63, 3.8) is 0 Å². The molecule has 4 N–H and O–H groups in total. The second-order valence-corrected chi connectivity index (χ2v) is 7.30. The highest BCUT2D eigenvalue weighted by atomic mass is 32.2. The number of rotatable bonds is 5. The number of likely N-dealkylation sites (N-methyl/N-ethyl adjacent to an activating group) is 1. The average Bonchev–Trinajstić information content (AvgIpc) is 3.12. The summed E-state index contributed by atoms with van der Waals surface area (Å²) in [5, 5.41) is 15.0. The third kappa shape index (κ3) is 3.66. The lowest BCUT2D eigenvalue weighted by Gasteiger charge is -2.14. The van der Waals surface area contributed by atoms with Crippen molar-refractivity contribution in [1.29, 1.82) is 0 Å². The molecular formula is C18H18N4O3S. The number of H-pyrrole nitrogens is 1. The number of aromatic amines is 1. The number of hydrogen-bond acceptors (Lipinski definition) is 4. The molecule has 0 spiro atoms. The van der Waals surface area contributed by atoms with Gasteiger partial charge in [0.2, 0.25) is 15.9 Å². The van der Waals surface area contributed by atoms with E-state index in [4.69, 9.17) is 5.14 Å². The molecule has 1 unspecified atom stereocenters. The summed E-state index contributed by atoms with van der Waals surface area (Å²) in [6, 6.07) is 17.3. The zero-order valence-corrected chi connectivity index (χ0v) is 14.8. The molecule has 1 atom stereocenters. The van der Waals surface area contributed by atoms with E-state index in [2.05, 4.69) is 15.5 Å². The maximum Gasteiger partial charge on any atom is 0.238 e. The summed E-state index contributed by atoms with van der Waals surface area (Å²) < 4.78 is 22.8. The minimum Gasteiger partial charge on any atom is -0.358 e. The van der Waals surface area contributed by atoms with Crippen LogP contribution >= 0.6 is 0 Å². The number of primary sulfonamides is 1. The van der Waals surface area contributed by atoms with Crippen molar-refractivity contribution in [3.8, 4) is 11.3 Å². The molecule has 26 heavy (non-hydrogen) atoms. The first-order chi connectivity index (χ1) is 12.4. The summed E-state index contributed by atoms with van der Waals surface area (Å²) in [6.45, 7) is 0. The Kier molecular flexibility index (Phi) is 4.88. The summed E-state index contributed by atoms with van der Waals surface area (Å²) in [4.78, 5) is 12.4. The number of nitrogens with two attached hydrogens (primary N) is 1. The molecule has 1 aromatic heterocycles. The summed E-state index contributed by atoms with van der Waals surface area (Å²) >= 11 is 0. The van der Waals surface area contributed by atoms with Crippen molar-refractivity contribution in [2.24, 2.45) is 5.14 Å². The summed E-state index contributed by atoms with van der Waals surface area (Å²) in [6.07, 6.45) is 0. The summed E-state index contributed by atoms with van der Waals surface area (Å²) in [5.74, 6) is -0.928. The molecule has 0 saturated carbocycles. The highest BCUT2D eigenvalue weighted by molar-refractivity contribution is 7.89. The fourth-order valence-electron chi connectivity index (χ4n) is 2.70. The zero-order chi connectivity index (χ0) is 18.7. The quantitative estimate of drug-likeness (QED) is 0.632. The van der Waals surface area contributed by atoms with Crippen molar-refractivity contribution in [3.05, 3.63) is 71.9 Å². The fourth-order valence-corrected chi connectivity index (χ4v) is 3.22. The smallest absolute Gasteiger partial charge is 0.238 e. The molecule has 0 fully saturated rings. The van der Waals surface area contributed by atoms with E-state index in [9.17, 15) is 13.2 Å². The van der Waals surface area contributed by atoms with Crippen LogP contribution in [0.3, 0.4) is 0 Å². The molecule has 0 radical (unpaired) electrons. The minimum absolute atomic E-state index is 0.0103. The molecule has 0 aliphatic carbocycles. The van der Waals surface area contributed by atoms with Gasteiger partial charge >= 0.3 is 0 Å². The Bertz CT molecular complexity index is 1010. The van der Waals surface area contributed by atoms with Crippen molar-refractivity contribution in [1.82, 2.24) is 15.5 Å². The number of carbonyl (C=O) groups is 1. The maximum absolute atomic E-state index is 12.4. The second kappa shape index (κ2) is 7.11. The van der Waals surface area contributed by atoms with Gasteiger partial charge in [-0.25, -0.2) is 13.6 Å². The van der Waals surface area contributed by atoms with Gasteiger partial charge in [0.25, 0.3) is 0 Å². The van der Waals surface area contributed by atoms with Gasteiger partial charge in [0.05, 0.1) is 16.3 Å². The van der Waals surface area contributed by atoms with Crippen LogP contribution in [0.2, 0.25) is 0 Å². The van der Waals surface area contributed by atoms with E-state index in [1.54, 1.807) is 19.2 Å². The van der Waals surface area contributed by atoms with Crippen LogP contribution in [0, 0.1) is 0 Å². The molecule has 134 valence electrons. The number of aromatic nitrogens is 2. The highest BCUT2D eigenvalue weighted by Crippen LogP contribution is 2.27. The van der Waals surface area contributed by atoms with Gasteiger partial charge in [0.1, 0.15) is 5.92 Å². The molecular weight excluding hydrogens is 352 g/mol. The predicted octanol–water partition coefficient (Wildman–Crippen LogP) is 1.60. The average molecular weight is 370 g/mol. The van der Waals surface area contributed by atoms with Gasteiger partial charge in [0, 0.05) is 7.05 Å². The van der Waals surface area contributed by atoms with E-state index < -0.39 is 15.9 Å². The van der Waals surface area contributed by atoms with Crippen molar-refractivity contribution >= 4 is 15.9 Å². The third-order valence-corrected chi connectivity index (χ3v) is 4.96. The van der Waals surface area contributed by atoms with E-state index >= 15 is 0 Å². The number of hydrogen-bond donors (Lipinski definition) is 3. The van der Waals surface area contributed by atoms with Gasteiger partial charge in [-0.3, -0.25) is 9.89 Å². The van der Waals surface area contributed by atoms with E-state index in [-0.39, 0.29) is 10.8 Å². The highest BCUT2D eigenvalue weighted by Gasteiger charge is 2.25. The van der Waals surface area contributed by atoms with E-state index in [0.29, 0.717) is 11.3 Å². The number of amides is 1. The lowest BCUT2D eigenvalue weighted by Crippen LogP contribution is -2.27. The van der Waals surface area contributed by atoms with Crippen LogP contribution in [0.25, 0.3) is 11.3 Å². The van der Waals surface area contributed by atoms with E-state index in [1.807, 2.05) is 36.4 Å². The standard InChI is InChI=1S/C18H18N4O3S/c1-20-18(23)17(13-7-9-14(10-8-13)26(19,24)25)16-11-15(21-22-16)12-5-3-2-4-6-12/h2-11,17H,1H3,(H,20,23)(H,21,22)(H2,19,24,25). The van der Waals surface area contributed by atoms with Crippen LogP contribution < -0.4 is 10.5 Å². The zero-order valence-electron chi connectivity index (χ0n) is 14.0. The van der Waals surface area contributed by atoms with Gasteiger partial charge in [-0.05, 0) is 29.3 Å². The van der Waals surface area contributed by atoms with Crippen LogP contribution in [0.1, 0.15) is 17.2 Å². The Morgan fingerprint density at radius 2 is 1.77 bits per heavy atom. The molecule has 0 aliphatic rings. The summed E-state index contributed by atoms with van der Waals surface area (Å²) in [7, 11) is -2.25. The number of benzene rings is 2. The topological polar surface area (TPSA) is 118 Å². The number of nitrogens with zero attached hydrogens (tertiary/aromatic N) is 1. The molecule has 3 aromatic rings. The van der Waals surface area contributed by atoms with E-state index in [1.165, 1.54) is 12.1 Å². The summed E-state index contributed by atoms with van der Waals surface area (Å²) in [5.41, 5.74) is 2.89. The number of sulfonamides is 1. The molecule has 0 aliphatic heterocycles. The molecule has 1 heterocycles. The minimum atomic E-state index is -3.79. The Labute approximate surface area is 151 Å². The predicted molar refractivity (Wildman–Crippen MR) is 97.7 cm³/mol. The monoisotopic (exact) mass is 370 g/mol. The van der Waals surface area contributed by atoms with Crippen LogP contribution in [-0.2, 0) is 14.8 Å². The van der Waals surface area contributed by atoms with Crippen LogP contribution in [0.4, 0.5) is 0 Å². The molecule has 0 saturated heterocycles. The van der Waals surface area contributed by atoms with E-state index in [0.717, 1.165) is 11.3 Å².